The zero-order chi connectivity index (χ0) is 13.0. The van der Waals surface area contributed by atoms with Crippen molar-refractivity contribution in [3.8, 4) is 0 Å². The lowest BCUT2D eigenvalue weighted by atomic mass is 9.94. The maximum absolute atomic E-state index is 12.2. The van der Waals surface area contributed by atoms with Crippen LogP contribution in [-0.2, 0) is 4.79 Å². The van der Waals surface area contributed by atoms with E-state index in [4.69, 9.17) is 5.73 Å². The van der Waals surface area contributed by atoms with Crippen LogP contribution in [0, 0.1) is 5.92 Å². The SMILES string of the molecule is CC(NC(=O)C1CCCCCC1N)c1ncc[nH]1. The van der Waals surface area contributed by atoms with E-state index in [1.807, 2.05) is 6.92 Å². The first kappa shape index (κ1) is 13.1. The minimum atomic E-state index is -0.0945. The Morgan fingerprint density at radius 3 is 3.00 bits per heavy atom. The van der Waals surface area contributed by atoms with Gasteiger partial charge in [-0.15, -0.1) is 0 Å². The third-order valence-corrected chi connectivity index (χ3v) is 3.69. The summed E-state index contributed by atoms with van der Waals surface area (Å²) in [6.45, 7) is 1.93. The maximum Gasteiger partial charge on any atom is 0.225 e. The van der Waals surface area contributed by atoms with Crippen molar-refractivity contribution in [2.45, 2.75) is 51.1 Å². The van der Waals surface area contributed by atoms with Crippen molar-refractivity contribution in [1.29, 1.82) is 0 Å². The van der Waals surface area contributed by atoms with E-state index in [1.54, 1.807) is 12.4 Å². The third kappa shape index (κ3) is 3.10. The third-order valence-electron chi connectivity index (χ3n) is 3.69. The minimum absolute atomic E-state index is 0.00342. The number of rotatable bonds is 3. The van der Waals surface area contributed by atoms with Gasteiger partial charge in [-0.3, -0.25) is 4.79 Å². The van der Waals surface area contributed by atoms with Gasteiger partial charge in [0.1, 0.15) is 5.82 Å². The van der Waals surface area contributed by atoms with E-state index in [0.717, 1.165) is 31.5 Å². The maximum atomic E-state index is 12.2. The van der Waals surface area contributed by atoms with Crippen LogP contribution in [-0.4, -0.2) is 21.9 Å². The zero-order valence-corrected chi connectivity index (χ0v) is 10.9. The molecule has 5 heteroatoms. The van der Waals surface area contributed by atoms with Gasteiger partial charge in [0.2, 0.25) is 5.91 Å². The molecule has 1 aliphatic rings. The van der Waals surface area contributed by atoms with E-state index in [0.29, 0.717) is 0 Å². The average molecular weight is 250 g/mol. The van der Waals surface area contributed by atoms with Crippen molar-refractivity contribution in [3.05, 3.63) is 18.2 Å². The number of nitrogens with two attached hydrogens (primary N) is 1. The Kier molecular flexibility index (Phi) is 4.36. The topological polar surface area (TPSA) is 83.8 Å². The van der Waals surface area contributed by atoms with Crippen molar-refractivity contribution >= 4 is 5.91 Å². The van der Waals surface area contributed by atoms with Gasteiger partial charge in [0, 0.05) is 18.4 Å². The second-order valence-electron chi connectivity index (χ2n) is 5.11. The highest BCUT2D eigenvalue weighted by Gasteiger charge is 2.28. The van der Waals surface area contributed by atoms with Gasteiger partial charge < -0.3 is 16.0 Å². The van der Waals surface area contributed by atoms with Gasteiger partial charge in [0.25, 0.3) is 0 Å². The quantitative estimate of drug-likeness (QED) is 0.711. The molecule has 5 nitrogen and oxygen atoms in total. The number of aromatic amines is 1. The van der Waals surface area contributed by atoms with E-state index >= 15 is 0 Å². The van der Waals surface area contributed by atoms with E-state index < -0.39 is 0 Å². The van der Waals surface area contributed by atoms with Crippen LogP contribution in [0.25, 0.3) is 0 Å². The molecule has 1 aromatic rings. The van der Waals surface area contributed by atoms with Crippen molar-refractivity contribution in [1.82, 2.24) is 15.3 Å². The van der Waals surface area contributed by atoms with Gasteiger partial charge in [0.05, 0.1) is 12.0 Å². The summed E-state index contributed by atoms with van der Waals surface area (Å²) in [5.41, 5.74) is 6.09. The van der Waals surface area contributed by atoms with Gasteiger partial charge in [-0.25, -0.2) is 4.98 Å². The first-order chi connectivity index (χ1) is 8.68. The van der Waals surface area contributed by atoms with Crippen LogP contribution in [0.5, 0.6) is 0 Å². The zero-order valence-electron chi connectivity index (χ0n) is 10.9. The number of carbonyl (C=O) groups excluding carboxylic acids is 1. The lowest BCUT2D eigenvalue weighted by Gasteiger charge is -2.22. The molecule has 0 aromatic carbocycles. The number of H-pyrrole nitrogens is 1. The number of hydrogen-bond donors (Lipinski definition) is 3. The van der Waals surface area contributed by atoms with Crippen LogP contribution < -0.4 is 11.1 Å². The monoisotopic (exact) mass is 250 g/mol. The van der Waals surface area contributed by atoms with Gasteiger partial charge in [-0.2, -0.15) is 0 Å². The van der Waals surface area contributed by atoms with Crippen molar-refractivity contribution in [2.75, 3.05) is 0 Å². The number of nitrogens with zero attached hydrogens (tertiary/aromatic N) is 1. The van der Waals surface area contributed by atoms with Crippen molar-refractivity contribution in [2.24, 2.45) is 11.7 Å². The fraction of sp³-hybridized carbons (Fsp3) is 0.692. The summed E-state index contributed by atoms with van der Waals surface area (Å²) in [6.07, 6.45) is 8.72. The standard InChI is InChI=1S/C13H22N4O/c1-9(12-15-7-8-16-12)17-13(18)10-5-3-2-4-6-11(10)14/h7-11H,2-6,14H2,1H3,(H,15,16)(H,17,18). The molecule has 0 radical (unpaired) electrons. The minimum Gasteiger partial charge on any atom is -0.347 e. The molecule has 100 valence electrons. The van der Waals surface area contributed by atoms with Gasteiger partial charge in [0.15, 0.2) is 0 Å². The molecule has 4 N–H and O–H groups in total. The Morgan fingerprint density at radius 1 is 1.50 bits per heavy atom. The Balaban J connectivity index is 1.94. The van der Waals surface area contributed by atoms with Crippen LogP contribution >= 0.6 is 0 Å². The van der Waals surface area contributed by atoms with E-state index in [1.165, 1.54) is 6.42 Å². The van der Waals surface area contributed by atoms with Crippen LogP contribution in [0.15, 0.2) is 12.4 Å². The first-order valence-corrected chi connectivity index (χ1v) is 6.73. The summed E-state index contributed by atoms with van der Waals surface area (Å²) >= 11 is 0. The summed E-state index contributed by atoms with van der Waals surface area (Å²) in [6, 6.07) is -0.0979. The van der Waals surface area contributed by atoms with E-state index in [9.17, 15) is 4.79 Å². The number of nitrogens with one attached hydrogen (secondary N) is 2. The molecule has 1 aliphatic carbocycles. The van der Waals surface area contributed by atoms with Crippen LogP contribution in [0.3, 0.4) is 0 Å². The Morgan fingerprint density at radius 2 is 2.28 bits per heavy atom. The second-order valence-corrected chi connectivity index (χ2v) is 5.11. The second kappa shape index (κ2) is 6.00. The molecule has 18 heavy (non-hydrogen) atoms. The van der Waals surface area contributed by atoms with E-state index in [-0.39, 0.29) is 23.9 Å². The van der Waals surface area contributed by atoms with Gasteiger partial charge in [-0.1, -0.05) is 19.3 Å². The predicted octanol–water partition coefficient (Wildman–Crippen LogP) is 1.49. The number of carbonyl (C=O) groups is 1. The predicted molar refractivity (Wildman–Crippen MR) is 69.7 cm³/mol. The molecule has 0 bridgehead atoms. The number of imidazole rings is 1. The molecule has 0 spiro atoms. The summed E-state index contributed by atoms with van der Waals surface area (Å²) in [5, 5.41) is 3.00. The largest absolute Gasteiger partial charge is 0.347 e. The molecule has 1 aromatic heterocycles. The molecular formula is C13H22N4O. The fourth-order valence-electron chi connectivity index (χ4n) is 2.56. The molecule has 1 saturated carbocycles. The molecule has 1 amide bonds. The summed E-state index contributed by atoms with van der Waals surface area (Å²) in [4.78, 5) is 19.4. The van der Waals surface area contributed by atoms with Crippen LogP contribution in [0.1, 0.15) is 50.9 Å². The van der Waals surface area contributed by atoms with Crippen molar-refractivity contribution in [3.63, 3.8) is 0 Å². The lowest BCUT2D eigenvalue weighted by molar-refractivity contribution is -0.126. The fourth-order valence-corrected chi connectivity index (χ4v) is 2.56. The summed E-state index contributed by atoms with van der Waals surface area (Å²) in [5.74, 6) is 0.795. The number of hydrogen-bond acceptors (Lipinski definition) is 3. The molecule has 3 atom stereocenters. The Labute approximate surface area is 108 Å². The molecule has 1 heterocycles. The molecule has 0 saturated heterocycles. The lowest BCUT2D eigenvalue weighted by Crippen LogP contribution is -2.42. The highest BCUT2D eigenvalue weighted by atomic mass is 16.2. The van der Waals surface area contributed by atoms with Crippen LogP contribution in [0.4, 0.5) is 0 Å². The average Bonchev–Trinajstić information content (AvgIpc) is 2.79. The number of aromatic nitrogens is 2. The Hall–Kier alpha value is -1.36. The highest BCUT2D eigenvalue weighted by Crippen LogP contribution is 2.23. The van der Waals surface area contributed by atoms with Crippen LogP contribution in [0.2, 0.25) is 0 Å². The van der Waals surface area contributed by atoms with Gasteiger partial charge in [-0.05, 0) is 19.8 Å². The summed E-state index contributed by atoms with van der Waals surface area (Å²) in [7, 11) is 0. The normalized spacial score (nSPS) is 26.3. The highest BCUT2D eigenvalue weighted by molar-refractivity contribution is 5.79. The molecule has 1 fully saturated rings. The Bertz CT molecular complexity index is 376. The van der Waals surface area contributed by atoms with Gasteiger partial charge >= 0.3 is 0 Å². The molecule has 0 aliphatic heterocycles. The number of amides is 1. The molecule has 2 rings (SSSR count). The smallest absolute Gasteiger partial charge is 0.225 e. The molecular weight excluding hydrogens is 228 g/mol. The van der Waals surface area contributed by atoms with Crippen molar-refractivity contribution < 1.29 is 4.79 Å². The summed E-state index contributed by atoms with van der Waals surface area (Å²) < 4.78 is 0. The first-order valence-electron chi connectivity index (χ1n) is 6.73. The van der Waals surface area contributed by atoms with E-state index in [2.05, 4.69) is 15.3 Å². The molecule has 3 unspecified atom stereocenters.